The molecule has 1 saturated heterocycles. The van der Waals surface area contributed by atoms with E-state index in [1.165, 1.54) is 39.0 Å². The van der Waals surface area contributed by atoms with Gasteiger partial charge in [-0.15, -0.1) is 0 Å². The highest BCUT2D eigenvalue weighted by atomic mass is 16.5. The molecule has 1 aliphatic heterocycles. The van der Waals surface area contributed by atoms with E-state index in [-0.39, 0.29) is 23.8 Å². The maximum atomic E-state index is 13.0. The standard InChI is InChI=1S/C29H34N2O4/c1-34-26-19-23(28(33)35-2)15-14-22(26)20-27(32)30-21-25-13-7-8-16-29(25,24-11-5-3-6-12-24)31-17-9-4-10-18-31/h3,5-8,11-16,19,25H,4,9-10,17-18,20-21H2,1-2H3,(H,30,32). The molecule has 2 aromatic rings. The van der Waals surface area contributed by atoms with Gasteiger partial charge in [0.1, 0.15) is 5.75 Å². The monoisotopic (exact) mass is 474 g/mol. The van der Waals surface area contributed by atoms with Gasteiger partial charge in [-0.25, -0.2) is 4.79 Å². The van der Waals surface area contributed by atoms with Crippen molar-refractivity contribution in [2.24, 2.45) is 5.92 Å². The van der Waals surface area contributed by atoms with Gasteiger partial charge in [0.2, 0.25) is 5.91 Å². The molecule has 0 spiro atoms. The number of allylic oxidation sites excluding steroid dienone is 2. The number of carbonyl (C=O) groups is 2. The van der Waals surface area contributed by atoms with Crippen molar-refractivity contribution >= 4 is 11.9 Å². The Kier molecular flexibility index (Phi) is 8.03. The maximum absolute atomic E-state index is 13.0. The van der Waals surface area contributed by atoms with E-state index < -0.39 is 5.97 Å². The minimum Gasteiger partial charge on any atom is -0.496 e. The molecule has 4 rings (SSSR count). The molecule has 2 aliphatic rings. The summed E-state index contributed by atoms with van der Waals surface area (Å²) in [5.74, 6) is 0.0696. The lowest BCUT2D eigenvalue weighted by atomic mass is 9.73. The van der Waals surface area contributed by atoms with Gasteiger partial charge >= 0.3 is 5.97 Å². The second-order valence-electron chi connectivity index (χ2n) is 9.09. The summed E-state index contributed by atoms with van der Waals surface area (Å²) in [6.45, 7) is 2.61. The molecule has 0 saturated carbocycles. The summed E-state index contributed by atoms with van der Waals surface area (Å²) in [7, 11) is 2.87. The molecule has 0 bridgehead atoms. The zero-order valence-electron chi connectivity index (χ0n) is 20.5. The Bertz CT molecular complexity index is 1090. The van der Waals surface area contributed by atoms with E-state index in [1.807, 2.05) is 6.07 Å². The fraction of sp³-hybridized carbons (Fsp3) is 0.379. The average molecular weight is 475 g/mol. The number of rotatable bonds is 8. The quantitative estimate of drug-likeness (QED) is 0.579. The van der Waals surface area contributed by atoms with Gasteiger partial charge in [0, 0.05) is 18.0 Å². The topological polar surface area (TPSA) is 67.9 Å². The lowest BCUT2D eigenvalue weighted by Crippen LogP contribution is -2.54. The maximum Gasteiger partial charge on any atom is 0.337 e. The second kappa shape index (κ2) is 11.4. The molecule has 1 amide bonds. The number of methoxy groups -OCH3 is 2. The van der Waals surface area contributed by atoms with Crippen LogP contribution in [0.2, 0.25) is 0 Å². The number of ether oxygens (including phenoxy) is 2. The van der Waals surface area contributed by atoms with Gasteiger partial charge in [-0.2, -0.15) is 0 Å². The van der Waals surface area contributed by atoms with E-state index in [9.17, 15) is 9.59 Å². The molecule has 1 fully saturated rings. The lowest BCUT2D eigenvalue weighted by molar-refractivity contribution is -0.120. The van der Waals surface area contributed by atoms with Crippen LogP contribution in [0.3, 0.4) is 0 Å². The third-order valence-electron chi connectivity index (χ3n) is 7.06. The summed E-state index contributed by atoms with van der Waals surface area (Å²) in [5.41, 5.74) is 2.08. The number of esters is 1. The highest BCUT2D eigenvalue weighted by molar-refractivity contribution is 5.90. The normalized spacial score (nSPS) is 21.9. The van der Waals surface area contributed by atoms with Gasteiger partial charge in [0.05, 0.1) is 31.7 Å². The number of hydrogen-bond acceptors (Lipinski definition) is 5. The van der Waals surface area contributed by atoms with Crippen LogP contribution in [-0.2, 0) is 21.5 Å². The van der Waals surface area contributed by atoms with Crippen LogP contribution in [0.1, 0.15) is 40.7 Å². The van der Waals surface area contributed by atoms with Crippen molar-refractivity contribution in [1.82, 2.24) is 10.2 Å². The molecule has 184 valence electrons. The van der Waals surface area contributed by atoms with Crippen LogP contribution < -0.4 is 10.1 Å². The van der Waals surface area contributed by atoms with Gasteiger partial charge in [-0.1, -0.05) is 67.1 Å². The summed E-state index contributed by atoms with van der Waals surface area (Å²) in [5, 5.41) is 3.17. The summed E-state index contributed by atoms with van der Waals surface area (Å²) in [6, 6.07) is 15.6. The zero-order chi connectivity index (χ0) is 24.7. The number of benzene rings is 2. The predicted molar refractivity (Wildman–Crippen MR) is 136 cm³/mol. The molecule has 6 nitrogen and oxygen atoms in total. The third kappa shape index (κ3) is 5.33. The van der Waals surface area contributed by atoms with Crippen molar-refractivity contribution in [3.8, 4) is 5.75 Å². The van der Waals surface area contributed by atoms with E-state index in [1.54, 1.807) is 18.2 Å². The fourth-order valence-corrected chi connectivity index (χ4v) is 5.29. The van der Waals surface area contributed by atoms with Crippen molar-refractivity contribution in [2.45, 2.75) is 31.2 Å². The largest absolute Gasteiger partial charge is 0.496 e. The van der Waals surface area contributed by atoms with Crippen molar-refractivity contribution in [3.63, 3.8) is 0 Å². The fourth-order valence-electron chi connectivity index (χ4n) is 5.29. The van der Waals surface area contributed by atoms with Crippen LogP contribution in [-0.4, -0.2) is 50.6 Å². The van der Waals surface area contributed by atoms with Gasteiger partial charge < -0.3 is 14.8 Å². The first-order valence-corrected chi connectivity index (χ1v) is 12.3. The van der Waals surface area contributed by atoms with Crippen LogP contribution in [0.15, 0.2) is 72.8 Å². The minimum atomic E-state index is -0.439. The second-order valence-corrected chi connectivity index (χ2v) is 9.09. The van der Waals surface area contributed by atoms with E-state index in [0.717, 1.165) is 18.7 Å². The van der Waals surface area contributed by atoms with Gasteiger partial charge in [0.25, 0.3) is 0 Å². The summed E-state index contributed by atoms with van der Waals surface area (Å²) in [4.78, 5) is 27.4. The van der Waals surface area contributed by atoms with Crippen LogP contribution in [0.5, 0.6) is 5.75 Å². The van der Waals surface area contributed by atoms with E-state index in [2.05, 4.69) is 58.8 Å². The molecule has 1 heterocycles. The van der Waals surface area contributed by atoms with Crippen LogP contribution in [0.25, 0.3) is 0 Å². The SMILES string of the molecule is COC(=O)c1ccc(CC(=O)NCC2C=CC=CC2(c2ccccc2)N2CCCCC2)c(OC)c1. The number of nitrogens with zero attached hydrogens (tertiary/aromatic N) is 1. The van der Waals surface area contributed by atoms with Crippen LogP contribution in [0.4, 0.5) is 0 Å². The molecule has 1 aliphatic carbocycles. The molecule has 2 aromatic carbocycles. The van der Waals surface area contributed by atoms with Gasteiger partial charge in [0.15, 0.2) is 0 Å². The molecular formula is C29H34N2O4. The molecular weight excluding hydrogens is 440 g/mol. The Morgan fingerprint density at radius 3 is 2.51 bits per heavy atom. The predicted octanol–water partition coefficient (Wildman–Crippen LogP) is 4.26. The summed E-state index contributed by atoms with van der Waals surface area (Å²) in [6.07, 6.45) is 12.5. The average Bonchev–Trinajstić information content (AvgIpc) is 2.92. The lowest BCUT2D eigenvalue weighted by Gasteiger charge is -2.49. The van der Waals surface area contributed by atoms with E-state index in [0.29, 0.717) is 17.9 Å². The Balaban J connectivity index is 1.52. The Morgan fingerprint density at radius 2 is 1.80 bits per heavy atom. The van der Waals surface area contributed by atoms with E-state index in [4.69, 9.17) is 9.47 Å². The van der Waals surface area contributed by atoms with Crippen molar-refractivity contribution in [3.05, 3.63) is 89.5 Å². The Morgan fingerprint density at radius 1 is 1.03 bits per heavy atom. The van der Waals surface area contributed by atoms with Gasteiger partial charge in [-0.3, -0.25) is 9.69 Å². The number of likely N-dealkylation sites (tertiary alicyclic amines) is 1. The minimum absolute atomic E-state index is 0.0855. The molecule has 1 N–H and O–H groups in total. The molecule has 0 radical (unpaired) electrons. The Labute approximate surface area is 207 Å². The molecule has 6 heteroatoms. The first-order valence-electron chi connectivity index (χ1n) is 12.3. The van der Waals surface area contributed by atoms with Crippen molar-refractivity contribution < 1.29 is 19.1 Å². The molecule has 2 atom stereocenters. The summed E-state index contributed by atoms with van der Waals surface area (Å²) >= 11 is 0. The highest BCUT2D eigenvalue weighted by Gasteiger charge is 2.43. The smallest absolute Gasteiger partial charge is 0.337 e. The first-order chi connectivity index (χ1) is 17.1. The summed E-state index contributed by atoms with van der Waals surface area (Å²) < 4.78 is 10.2. The number of piperidine rings is 1. The molecule has 0 aromatic heterocycles. The van der Waals surface area contributed by atoms with Crippen molar-refractivity contribution in [1.29, 1.82) is 0 Å². The van der Waals surface area contributed by atoms with Gasteiger partial charge in [-0.05, 0) is 43.6 Å². The third-order valence-corrected chi connectivity index (χ3v) is 7.06. The Hall–Kier alpha value is -3.38. The number of hydrogen-bond donors (Lipinski definition) is 1. The number of nitrogens with one attached hydrogen (secondary N) is 1. The molecule has 35 heavy (non-hydrogen) atoms. The number of carbonyl (C=O) groups excluding carboxylic acids is 2. The van der Waals surface area contributed by atoms with Crippen LogP contribution in [0, 0.1) is 5.92 Å². The molecule has 2 unspecified atom stereocenters. The van der Waals surface area contributed by atoms with Crippen molar-refractivity contribution in [2.75, 3.05) is 33.9 Å². The highest BCUT2D eigenvalue weighted by Crippen LogP contribution is 2.42. The zero-order valence-corrected chi connectivity index (χ0v) is 20.5. The van der Waals surface area contributed by atoms with E-state index >= 15 is 0 Å². The number of amides is 1. The first kappa shape index (κ1) is 24.7. The van der Waals surface area contributed by atoms with Crippen LogP contribution >= 0.6 is 0 Å².